The smallest absolute Gasteiger partial charge is 0.345 e. The molecule has 0 amide bonds. The van der Waals surface area contributed by atoms with Crippen LogP contribution in [0.2, 0.25) is 0 Å². The Kier molecular flexibility index (Phi) is 3.59. The van der Waals surface area contributed by atoms with Crippen LogP contribution in [-0.4, -0.2) is 25.7 Å². The van der Waals surface area contributed by atoms with Gasteiger partial charge in [0.1, 0.15) is 10.6 Å². The van der Waals surface area contributed by atoms with Gasteiger partial charge < -0.3 is 9.84 Å². The lowest BCUT2D eigenvalue weighted by Crippen LogP contribution is -1.96. The van der Waals surface area contributed by atoms with Crippen molar-refractivity contribution < 1.29 is 23.1 Å². The minimum absolute atomic E-state index is 0.183. The maximum atomic E-state index is 11.3. The quantitative estimate of drug-likeness (QED) is 0.938. The Bertz CT molecular complexity index is 698. The Morgan fingerprint density at radius 3 is 2.26 bits per heavy atom. The van der Waals surface area contributed by atoms with Gasteiger partial charge in [-0.1, -0.05) is 11.3 Å². The van der Waals surface area contributed by atoms with Gasteiger partial charge in [0.25, 0.3) is 0 Å². The summed E-state index contributed by atoms with van der Waals surface area (Å²) in [6, 6.07) is 8.94. The van der Waals surface area contributed by atoms with Crippen LogP contribution in [0.25, 0.3) is 0 Å². The van der Waals surface area contributed by atoms with E-state index in [4.69, 9.17) is 9.84 Å². The zero-order chi connectivity index (χ0) is 14.0. The van der Waals surface area contributed by atoms with E-state index >= 15 is 0 Å². The van der Waals surface area contributed by atoms with Gasteiger partial charge in [0, 0.05) is 6.26 Å². The summed E-state index contributed by atoms with van der Waals surface area (Å²) in [5.74, 6) is -0.557. The lowest BCUT2D eigenvalue weighted by molar-refractivity contribution is 0.0702. The molecule has 0 aliphatic rings. The molecule has 0 saturated heterocycles. The average molecular weight is 298 g/mol. The third-order valence-electron chi connectivity index (χ3n) is 2.26. The summed E-state index contributed by atoms with van der Waals surface area (Å²) in [5.41, 5.74) is 0. The lowest BCUT2D eigenvalue weighted by Gasteiger charge is -2.03. The molecular weight excluding hydrogens is 288 g/mol. The van der Waals surface area contributed by atoms with Crippen LogP contribution in [0.15, 0.2) is 41.3 Å². The van der Waals surface area contributed by atoms with Crippen molar-refractivity contribution in [3.05, 3.63) is 41.3 Å². The summed E-state index contributed by atoms with van der Waals surface area (Å²) >= 11 is 1.01. The number of ether oxygens (including phenoxy) is 1. The third kappa shape index (κ3) is 3.33. The molecule has 1 aromatic heterocycles. The zero-order valence-corrected chi connectivity index (χ0v) is 11.5. The number of carboxylic acids is 1. The number of hydrogen-bond donors (Lipinski definition) is 1. The molecule has 100 valence electrons. The summed E-state index contributed by atoms with van der Waals surface area (Å²) in [5, 5.41) is 9.21. The third-order valence-corrected chi connectivity index (χ3v) is 4.34. The van der Waals surface area contributed by atoms with Crippen molar-refractivity contribution in [2.45, 2.75) is 4.90 Å². The first-order chi connectivity index (χ1) is 8.86. The second-order valence-corrected chi connectivity index (χ2v) is 6.83. The SMILES string of the molecule is CS(=O)(=O)c1ccc(Oc2ccc(C(=O)O)s2)cc1. The standard InChI is InChI=1S/C12H10O5S2/c1-19(15,16)9-4-2-8(3-5-9)17-11-7-6-10(18-11)12(13)14/h2-7H,1H3,(H,13,14). The first-order valence-corrected chi connectivity index (χ1v) is 7.88. The van der Waals surface area contributed by atoms with E-state index in [0.29, 0.717) is 10.8 Å². The molecule has 0 fully saturated rings. The van der Waals surface area contributed by atoms with Crippen molar-refractivity contribution in [2.75, 3.05) is 6.26 Å². The Morgan fingerprint density at radius 1 is 1.16 bits per heavy atom. The van der Waals surface area contributed by atoms with E-state index in [1.54, 1.807) is 6.07 Å². The zero-order valence-electron chi connectivity index (χ0n) is 9.86. The van der Waals surface area contributed by atoms with Crippen molar-refractivity contribution in [3.63, 3.8) is 0 Å². The molecule has 0 spiro atoms. The predicted molar refractivity (Wildman–Crippen MR) is 70.9 cm³/mol. The second kappa shape index (κ2) is 5.02. The number of sulfone groups is 1. The highest BCUT2D eigenvalue weighted by molar-refractivity contribution is 7.90. The van der Waals surface area contributed by atoms with Gasteiger partial charge in [0.2, 0.25) is 0 Å². The highest BCUT2D eigenvalue weighted by atomic mass is 32.2. The summed E-state index contributed by atoms with van der Waals surface area (Å²) in [6.07, 6.45) is 1.13. The summed E-state index contributed by atoms with van der Waals surface area (Å²) in [6.45, 7) is 0. The normalized spacial score (nSPS) is 11.2. The number of aromatic carboxylic acids is 1. The highest BCUT2D eigenvalue weighted by Gasteiger charge is 2.10. The molecule has 0 radical (unpaired) electrons. The summed E-state index contributed by atoms with van der Waals surface area (Å²) in [4.78, 5) is 11.1. The number of carboxylic acid groups (broad SMARTS) is 1. The Labute approximate surface area is 114 Å². The van der Waals surface area contributed by atoms with E-state index < -0.39 is 15.8 Å². The van der Waals surface area contributed by atoms with Gasteiger partial charge in [-0.2, -0.15) is 0 Å². The van der Waals surface area contributed by atoms with E-state index in [1.165, 1.54) is 30.3 Å². The lowest BCUT2D eigenvalue weighted by atomic mass is 10.3. The topological polar surface area (TPSA) is 80.7 Å². The van der Waals surface area contributed by atoms with Crippen molar-refractivity contribution in [2.24, 2.45) is 0 Å². The number of hydrogen-bond acceptors (Lipinski definition) is 5. The fourth-order valence-corrected chi connectivity index (χ4v) is 2.71. The first-order valence-electron chi connectivity index (χ1n) is 5.17. The van der Waals surface area contributed by atoms with Gasteiger partial charge in [-0.25, -0.2) is 13.2 Å². The Morgan fingerprint density at radius 2 is 1.79 bits per heavy atom. The van der Waals surface area contributed by atoms with Crippen molar-refractivity contribution in [1.29, 1.82) is 0 Å². The average Bonchev–Trinajstić information content (AvgIpc) is 2.77. The molecule has 5 nitrogen and oxygen atoms in total. The van der Waals surface area contributed by atoms with Crippen LogP contribution < -0.4 is 4.74 Å². The minimum Gasteiger partial charge on any atom is -0.477 e. The van der Waals surface area contributed by atoms with Crippen LogP contribution in [0.5, 0.6) is 10.8 Å². The minimum atomic E-state index is -3.23. The fourth-order valence-electron chi connectivity index (χ4n) is 1.36. The molecule has 0 unspecified atom stereocenters. The molecule has 2 rings (SSSR count). The molecule has 0 saturated carbocycles. The summed E-state index contributed by atoms with van der Waals surface area (Å²) in [7, 11) is -3.23. The number of benzene rings is 1. The molecule has 7 heteroatoms. The first kappa shape index (κ1) is 13.6. The molecule has 19 heavy (non-hydrogen) atoms. The van der Waals surface area contributed by atoms with E-state index in [9.17, 15) is 13.2 Å². The van der Waals surface area contributed by atoms with Gasteiger partial charge in [-0.15, -0.1) is 0 Å². The maximum absolute atomic E-state index is 11.3. The molecule has 0 atom stereocenters. The predicted octanol–water partition coefficient (Wildman–Crippen LogP) is 2.64. The monoisotopic (exact) mass is 298 g/mol. The van der Waals surface area contributed by atoms with E-state index in [0.717, 1.165) is 17.6 Å². The van der Waals surface area contributed by atoms with Crippen LogP contribution in [0.1, 0.15) is 9.67 Å². The van der Waals surface area contributed by atoms with E-state index in [1.807, 2.05) is 0 Å². The van der Waals surface area contributed by atoms with Crippen LogP contribution in [0, 0.1) is 0 Å². The maximum Gasteiger partial charge on any atom is 0.345 e. The van der Waals surface area contributed by atoms with Gasteiger partial charge in [0.15, 0.2) is 14.9 Å². The summed E-state index contributed by atoms with van der Waals surface area (Å²) < 4.78 is 28.0. The van der Waals surface area contributed by atoms with Crippen LogP contribution >= 0.6 is 11.3 Å². The number of thiophene rings is 1. The number of carbonyl (C=O) groups is 1. The molecule has 0 aliphatic heterocycles. The molecule has 1 heterocycles. The van der Waals surface area contributed by atoms with Crippen molar-refractivity contribution in [3.8, 4) is 10.8 Å². The van der Waals surface area contributed by atoms with E-state index in [-0.39, 0.29) is 9.77 Å². The number of rotatable bonds is 4. The highest BCUT2D eigenvalue weighted by Crippen LogP contribution is 2.29. The van der Waals surface area contributed by atoms with Gasteiger partial charge >= 0.3 is 5.97 Å². The molecule has 0 aliphatic carbocycles. The molecule has 2 aromatic rings. The molecule has 1 aromatic carbocycles. The van der Waals surface area contributed by atoms with E-state index in [2.05, 4.69) is 0 Å². The van der Waals surface area contributed by atoms with Gasteiger partial charge in [0.05, 0.1) is 4.90 Å². The van der Waals surface area contributed by atoms with Crippen molar-refractivity contribution in [1.82, 2.24) is 0 Å². The van der Waals surface area contributed by atoms with Gasteiger partial charge in [-0.05, 0) is 36.4 Å². The molecule has 1 N–H and O–H groups in total. The van der Waals surface area contributed by atoms with Crippen LogP contribution in [-0.2, 0) is 9.84 Å². The van der Waals surface area contributed by atoms with Crippen LogP contribution in [0.3, 0.4) is 0 Å². The van der Waals surface area contributed by atoms with Crippen LogP contribution in [0.4, 0.5) is 0 Å². The van der Waals surface area contributed by atoms with Gasteiger partial charge in [-0.3, -0.25) is 0 Å². The van der Waals surface area contributed by atoms with Crippen molar-refractivity contribution >= 4 is 27.1 Å². The fraction of sp³-hybridized carbons (Fsp3) is 0.0833. The largest absolute Gasteiger partial charge is 0.477 e. The second-order valence-electron chi connectivity index (χ2n) is 3.77. The molecule has 0 bridgehead atoms. The Balaban J connectivity index is 2.17. The molecular formula is C12H10O5S2. The Hall–Kier alpha value is -1.86.